The first-order chi connectivity index (χ1) is 12.5. The third-order valence-electron chi connectivity index (χ3n) is 4.98. The van der Waals surface area contributed by atoms with E-state index >= 15 is 0 Å². The molecule has 0 saturated heterocycles. The Morgan fingerprint density at radius 2 is 2.04 bits per heavy atom. The number of rotatable bonds is 6. The number of aromatic nitrogens is 2. The van der Waals surface area contributed by atoms with Gasteiger partial charge in [-0.15, -0.1) is 24.0 Å². The molecule has 1 aromatic carbocycles. The second-order valence-corrected chi connectivity index (χ2v) is 7.59. The van der Waals surface area contributed by atoms with Gasteiger partial charge in [0.25, 0.3) is 0 Å². The first kappa shape index (κ1) is 21.7. The standard InChI is InChI=1S/C21H31N5.HI/c1-6-22-21(25(4)13-16-12-23-26(5)14-16)24-20-11-19(20)18-9-7-17(8-10-18)15(2)3;/h7-10,12,14-15,19-20H,6,11,13H2,1-5H3,(H,22,24);1H. The molecule has 1 heterocycles. The number of nitrogens with zero attached hydrogens (tertiary/aromatic N) is 4. The van der Waals surface area contributed by atoms with Crippen molar-refractivity contribution in [3.8, 4) is 0 Å². The SMILES string of the molecule is CCN=C(NC1CC1c1ccc(C(C)C)cc1)N(C)Cc1cnn(C)c1.I. The predicted octanol–water partition coefficient (Wildman–Crippen LogP) is 4.11. The lowest BCUT2D eigenvalue weighted by Gasteiger charge is -2.22. The number of guanidine groups is 1. The number of nitrogens with one attached hydrogen (secondary N) is 1. The normalized spacial score (nSPS) is 19.0. The van der Waals surface area contributed by atoms with Crippen molar-refractivity contribution in [1.82, 2.24) is 20.0 Å². The highest BCUT2D eigenvalue weighted by Crippen LogP contribution is 2.41. The molecule has 2 aromatic rings. The van der Waals surface area contributed by atoms with E-state index in [2.05, 4.69) is 78.6 Å². The summed E-state index contributed by atoms with van der Waals surface area (Å²) in [4.78, 5) is 6.86. The molecule has 0 radical (unpaired) electrons. The van der Waals surface area contributed by atoms with Crippen LogP contribution in [0.15, 0.2) is 41.7 Å². The zero-order chi connectivity index (χ0) is 18.7. The van der Waals surface area contributed by atoms with Crippen molar-refractivity contribution in [2.24, 2.45) is 12.0 Å². The summed E-state index contributed by atoms with van der Waals surface area (Å²) in [6.45, 7) is 8.14. The van der Waals surface area contributed by atoms with E-state index in [1.165, 1.54) is 23.1 Å². The van der Waals surface area contributed by atoms with Crippen molar-refractivity contribution in [3.63, 3.8) is 0 Å². The van der Waals surface area contributed by atoms with Crippen LogP contribution in [-0.2, 0) is 13.6 Å². The van der Waals surface area contributed by atoms with Crippen molar-refractivity contribution in [2.45, 2.75) is 51.6 Å². The minimum atomic E-state index is 0. The summed E-state index contributed by atoms with van der Waals surface area (Å²) in [6.07, 6.45) is 5.14. The molecule has 1 fully saturated rings. The number of hydrogen-bond donors (Lipinski definition) is 1. The molecule has 0 bridgehead atoms. The number of aliphatic imine (C=N–C) groups is 1. The molecule has 0 spiro atoms. The number of benzene rings is 1. The molecule has 1 aromatic heterocycles. The van der Waals surface area contributed by atoms with Crippen molar-refractivity contribution >= 4 is 29.9 Å². The average molecular weight is 481 g/mol. The van der Waals surface area contributed by atoms with Crippen LogP contribution in [-0.4, -0.2) is 40.3 Å². The molecule has 148 valence electrons. The Morgan fingerprint density at radius 1 is 1.33 bits per heavy atom. The second kappa shape index (κ2) is 9.57. The Hall–Kier alpha value is -1.57. The minimum absolute atomic E-state index is 0. The Kier molecular flexibility index (Phi) is 7.70. The number of aryl methyl sites for hydroxylation is 1. The molecule has 2 unspecified atom stereocenters. The van der Waals surface area contributed by atoms with Gasteiger partial charge in [0.15, 0.2) is 5.96 Å². The fourth-order valence-electron chi connectivity index (χ4n) is 3.35. The van der Waals surface area contributed by atoms with Gasteiger partial charge in [0.05, 0.1) is 6.20 Å². The summed E-state index contributed by atoms with van der Waals surface area (Å²) in [5.41, 5.74) is 4.03. The first-order valence-corrected chi connectivity index (χ1v) is 9.57. The van der Waals surface area contributed by atoms with Gasteiger partial charge in [-0.05, 0) is 30.4 Å². The molecule has 0 aliphatic heterocycles. The van der Waals surface area contributed by atoms with E-state index in [0.29, 0.717) is 17.9 Å². The molecule has 1 aliphatic rings. The smallest absolute Gasteiger partial charge is 0.194 e. The summed E-state index contributed by atoms with van der Waals surface area (Å²) >= 11 is 0. The van der Waals surface area contributed by atoms with Gasteiger partial charge in [-0.2, -0.15) is 5.10 Å². The van der Waals surface area contributed by atoms with Crippen LogP contribution in [0.1, 0.15) is 55.7 Å². The quantitative estimate of drug-likeness (QED) is 0.384. The van der Waals surface area contributed by atoms with Gasteiger partial charge in [-0.3, -0.25) is 9.67 Å². The maximum absolute atomic E-state index is 4.68. The van der Waals surface area contributed by atoms with E-state index in [-0.39, 0.29) is 24.0 Å². The summed E-state index contributed by atoms with van der Waals surface area (Å²) in [5.74, 6) is 2.15. The molecule has 1 saturated carbocycles. The summed E-state index contributed by atoms with van der Waals surface area (Å²) in [5, 5.41) is 7.90. The third kappa shape index (κ3) is 5.70. The van der Waals surface area contributed by atoms with Crippen molar-refractivity contribution in [3.05, 3.63) is 53.3 Å². The van der Waals surface area contributed by atoms with E-state index in [4.69, 9.17) is 0 Å². The molecule has 6 heteroatoms. The van der Waals surface area contributed by atoms with Crippen molar-refractivity contribution in [2.75, 3.05) is 13.6 Å². The van der Waals surface area contributed by atoms with Gasteiger partial charge in [0.1, 0.15) is 0 Å². The molecule has 5 nitrogen and oxygen atoms in total. The Labute approximate surface area is 180 Å². The van der Waals surface area contributed by atoms with E-state index in [9.17, 15) is 0 Å². The van der Waals surface area contributed by atoms with E-state index in [0.717, 1.165) is 19.0 Å². The minimum Gasteiger partial charge on any atom is -0.353 e. The highest BCUT2D eigenvalue weighted by atomic mass is 127. The van der Waals surface area contributed by atoms with Crippen LogP contribution in [0, 0.1) is 0 Å². The van der Waals surface area contributed by atoms with Crippen LogP contribution in [0.25, 0.3) is 0 Å². The molecule has 1 N–H and O–H groups in total. The fourth-order valence-corrected chi connectivity index (χ4v) is 3.35. The fraction of sp³-hybridized carbons (Fsp3) is 0.524. The lowest BCUT2D eigenvalue weighted by Crippen LogP contribution is -2.40. The van der Waals surface area contributed by atoms with Gasteiger partial charge in [-0.1, -0.05) is 38.1 Å². The molecule has 27 heavy (non-hydrogen) atoms. The van der Waals surface area contributed by atoms with Gasteiger partial charge < -0.3 is 10.2 Å². The average Bonchev–Trinajstić information content (AvgIpc) is 3.27. The largest absolute Gasteiger partial charge is 0.353 e. The highest BCUT2D eigenvalue weighted by Gasteiger charge is 2.39. The third-order valence-corrected chi connectivity index (χ3v) is 4.98. The molecule has 1 aliphatic carbocycles. The van der Waals surface area contributed by atoms with Crippen molar-refractivity contribution < 1.29 is 0 Å². The lowest BCUT2D eigenvalue weighted by atomic mass is 10.0. The summed E-state index contributed by atoms with van der Waals surface area (Å²) in [6, 6.07) is 9.59. The van der Waals surface area contributed by atoms with E-state index < -0.39 is 0 Å². The molecule has 2 atom stereocenters. The molecular weight excluding hydrogens is 449 g/mol. The topological polar surface area (TPSA) is 45.5 Å². The van der Waals surface area contributed by atoms with Crippen LogP contribution in [0.4, 0.5) is 0 Å². The van der Waals surface area contributed by atoms with E-state index in [1.807, 2.05) is 17.9 Å². The highest BCUT2D eigenvalue weighted by molar-refractivity contribution is 14.0. The summed E-state index contributed by atoms with van der Waals surface area (Å²) < 4.78 is 1.84. The van der Waals surface area contributed by atoms with E-state index in [1.54, 1.807) is 0 Å². The zero-order valence-corrected chi connectivity index (χ0v) is 19.3. The lowest BCUT2D eigenvalue weighted by molar-refractivity contribution is 0.474. The predicted molar refractivity (Wildman–Crippen MR) is 123 cm³/mol. The zero-order valence-electron chi connectivity index (χ0n) is 17.0. The first-order valence-electron chi connectivity index (χ1n) is 9.57. The van der Waals surface area contributed by atoms with Crippen LogP contribution >= 0.6 is 24.0 Å². The van der Waals surface area contributed by atoms with Gasteiger partial charge >= 0.3 is 0 Å². The monoisotopic (exact) mass is 481 g/mol. The number of hydrogen-bond acceptors (Lipinski definition) is 2. The Bertz CT molecular complexity index is 750. The van der Waals surface area contributed by atoms with Crippen LogP contribution < -0.4 is 5.32 Å². The second-order valence-electron chi connectivity index (χ2n) is 7.59. The van der Waals surface area contributed by atoms with Crippen LogP contribution in [0.2, 0.25) is 0 Å². The maximum Gasteiger partial charge on any atom is 0.194 e. The van der Waals surface area contributed by atoms with Gasteiger partial charge in [0.2, 0.25) is 0 Å². The Balaban J connectivity index is 0.00000261. The van der Waals surface area contributed by atoms with Gasteiger partial charge in [-0.25, -0.2) is 0 Å². The van der Waals surface area contributed by atoms with Gasteiger partial charge in [0, 0.05) is 50.9 Å². The van der Waals surface area contributed by atoms with Crippen LogP contribution in [0.3, 0.4) is 0 Å². The maximum atomic E-state index is 4.68. The molecular formula is C21H32IN5. The molecule has 3 rings (SSSR count). The van der Waals surface area contributed by atoms with Crippen LogP contribution in [0.5, 0.6) is 0 Å². The molecule has 0 amide bonds. The number of halogens is 1. The van der Waals surface area contributed by atoms with Crippen molar-refractivity contribution in [1.29, 1.82) is 0 Å². The summed E-state index contributed by atoms with van der Waals surface area (Å²) in [7, 11) is 4.03. The Morgan fingerprint density at radius 3 is 2.59 bits per heavy atom.